The largest absolute Gasteiger partial charge is 0.504 e. The van der Waals surface area contributed by atoms with E-state index in [1.807, 2.05) is 0 Å². The van der Waals surface area contributed by atoms with Crippen LogP contribution in [-0.2, 0) is 10.1 Å². The van der Waals surface area contributed by atoms with Crippen LogP contribution in [0.5, 0.6) is 11.5 Å². The van der Waals surface area contributed by atoms with Gasteiger partial charge in [0.15, 0.2) is 11.5 Å². The third-order valence-corrected chi connectivity index (χ3v) is 7.17. The first-order valence-corrected chi connectivity index (χ1v) is 12.5. The van der Waals surface area contributed by atoms with Gasteiger partial charge in [-0.2, -0.15) is 8.42 Å². The summed E-state index contributed by atoms with van der Waals surface area (Å²) in [5, 5.41) is 10.9. The lowest BCUT2D eigenvalue weighted by atomic mass is 9.55. The first-order chi connectivity index (χ1) is 13.7. The molecule has 0 saturated carbocycles. The van der Waals surface area contributed by atoms with Gasteiger partial charge in [-0.3, -0.25) is 4.55 Å². The smallest absolute Gasteiger partial charge is 0.298 e. The van der Waals surface area contributed by atoms with Crippen molar-refractivity contribution >= 4 is 10.1 Å². The fourth-order valence-corrected chi connectivity index (χ4v) is 7.30. The maximum atomic E-state index is 12.3. The van der Waals surface area contributed by atoms with Gasteiger partial charge in [0.05, 0.1) is 7.11 Å². The van der Waals surface area contributed by atoms with E-state index in [1.54, 1.807) is 13.8 Å². The Balaban J connectivity index is 4.13. The summed E-state index contributed by atoms with van der Waals surface area (Å²) in [6.07, 6.45) is 1.83. The molecule has 1 atom stereocenters. The third-order valence-electron chi connectivity index (χ3n) is 6.16. The second-order valence-corrected chi connectivity index (χ2v) is 13.5. The lowest BCUT2D eigenvalue weighted by Crippen LogP contribution is -2.38. The second-order valence-electron chi connectivity index (χ2n) is 12.1. The Morgan fingerprint density at radius 1 is 0.935 bits per heavy atom. The minimum atomic E-state index is -4.61. The van der Waals surface area contributed by atoms with E-state index in [9.17, 15) is 18.1 Å². The molecule has 1 aromatic carbocycles. The van der Waals surface area contributed by atoms with E-state index in [4.69, 9.17) is 4.74 Å². The molecule has 1 rings (SSSR count). The average molecular weight is 457 g/mol. The zero-order valence-corrected chi connectivity index (χ0v) is 22.4. The maximum Gasteiger partial charge on any atom is 0.298 e. The first kappa shape index (κ1) is 27.8. The van der Waals surface area contributed by atoms with E-state index in [0.29, 0.717) is 17.0 Å². The SMILES string of the molecule is COc1c(O)c(C)c(C(C(C)(C)CC(C)C)C(C)(C)CC(C)(C)C)c(C)c1S(=O)(=O)O. The van der Waals surface area contributed by atoms with Crippen molar-refractivity contribution in [2.24, 2.45) is 22.2 Å². The van der Waals surface area contributed by atoms with Crippen molar-refractivity contribution in [3.8, 4) is 11.5 Å². The van der Waals surface area contributed by atoms with Gasteiger partial charge < -0.3 is 9.84 Å². The fourth-order valence-electron chi connectivity index (χ4n) is 6.39. The van der Waals surface area contributed by atoms with Gasteiger partial charge in [0.1, 0.15) is 4.90 Å². The van der Waals surface area contributed by atoms with Crippen molar-refractivity contribution in [3.05, 3.63) is 16.7 Å². The van der Waals surface area contributed by atoms with Crippen LogP contribution in [0.2, 0.25) is 0 Å². The van der Waals surface area contributed by atoms with Gasteiger partial charge in [-0.15, -0.1) is 0 Å². The van der Waals surface area contributed by atoms with Gasteiger partial charge in [0.2, 0.25) is 0 Å². The zero-order chi connectivity index (χ0) is 24.7. The average Bonchev–Trinajstić information content (AvgIpc) is 2.49. The van der Waals surface area contributed by atoms with Crippen molar-refractivity contribution in [2.45, 2.75) is 99.8 Å². The molecule has 2 N–H and O–H groups in total. The molecule has 180 valence electrons. The van der Waals surface area contributed by atoms with Crippen molar-refractivity contribution in [2.75, 3.05) is 7.11 Å². The molecule has 0 fully saturated rings. The highest BCUT2D eigenvalue weighted by molar-refractivity contribution is 7.86. The predicted octanol–water partition coefficient (Wildman–Crippen LogP) is 6.88. The molecule has 0 spiro atoms. The Morgan fingerprint density at radius 2 is 1.42 bits per heavy atom. The van der Waals surface area contributed by atoms with E-state index in [-0.39, 0.29) is 38.6 Å². The summed E-state index contributed by atoms with van der Waals surface area (Å²) < 4.78 is 39.9. The maximum absolute atomic E-state index is 12.3. The minimum absolute atomic E-state index is 0.0534. The molecule has 1 unspecified atom stereocenters. The highest BCUT2D eigenvalue weighted by Gasteiger charge is 2.46. The summed E-state index contributed by atoms with van der Waals surface area (Å²) >= 11 is 0. The monoisotopic (exact) mass is 456 g/mol. The summed E-state index contributed by atoms with van der Waals surface area (Å²) in [7, 11) is -3.31. The van der Waals surface area contributed by atoms with E-state index >= 15 is 0 Å². The lowest BCUT2D eigenvalue weighted by Gasteiger charge is -2.49. The number of phenolic OH excluding ortho intramolecular Hbond substituents is 1. The van der Waals surface area contributed by atoms with Gasteiger partial charge in [-0.1, -0.05) is 62.3 Å². The Hall–Kier alpha value is -1.27. The van der Waals surface area contributed by atoms with E-state index in [0.717, 1.165) is 18.4 Å². The van der Waals surface area contributed by atoms with Gasteiger partial charge in [0.25, 0.3) is 10.1 Å². The molecule has 1 aromatic rings. The van der Waals surface area contributed by atoms with Crippen LogP contribution in [-0.4, -0.2) is 25.2 Å². The van der Waals surface area contributed by atoms with Crippen LogP contribution in [0.1, 0.15) is 97.8 Å². The summed E-state index contributed by atoms with van der Waals surface area (Å²) in [5.74, 6) is -0.0571. The van der Waals surface area contributed by atoms with Crippen molar-refractivity contribution in [1.82, 2.24) is 0 Å². The fraction of sp³-hybridized carbons (Fsp3) is 0.760. The molecule has 31 heavy (non-hydrogen) atoms. The molecule has 0 saturated heterocycles. The molecule has 0 aromatic heterocycles. The lowest BCUT2D eigenvalue weighted by molar-refractivity contribution is 0.0777. The number of hydrogen-bond acceptors (Lipinski definition) is 4. The molecule has 0 radical (unpaired) electrons. The van der Waals surface area contributed by atoms with Crippen LogP contribution < -0.4 is 4.74 Å². The number of methoxy groups -OCH3 is 1. The minimum Gasteiger partial charge on any atom is -0.504 e. The van der Waals surface area contributed by atoms with E-state index in [1.165, 1.54) is 7.11 Å². The molecule has 0 aliphatic heterocycles. The number of hydrogen-bond donors (Lipinski definition) is 2. The Bertz CT molecular complexity index is 903. The highest BCUT2D eigenvalue weighted by Crippen LogP contribution is 2.58. The van der Waals surface area contributed by atoms with Gasteiger partial charge in [-0.05, 0) is 71.5 Å². The molecular formula is C25H44O5S. The molecule has 5 nitrogen and oxygen atoms in total. The zero-order valence-electron chi connectivity index (χ0n) is 21.6. The molecule has 0 amide bonds. The summed E-state index contributed by atoms with van der Waals surface area (Å²) in [4.78, 5) is -0.343. The quantitative estimate of drug-likeness (QED) is 0.416. The van der Waals surface area contributed by atoms with Crippen molar-refractivity contribution in [3.63, 3.8) is 0 Å². The standard InChI is InChI=1S/C25H44O5S/c1-15(2)13-24(8,9)22(25(10,11)14-23(5,6)7)18-16(3)19(26)20(30-12)21(17(18)4)31(27,28)29/h15,22,26H,13-14H2,1-12H3,(H,27,28,29). The van der Waals surface area contributed by atoms with Crippen LogP contribution in [0.15, 0.2) is 4.90 Å². The Kier molecular flexibility index (Phi) is 8.00. The van der Waals surface area contributed by atoms with Crippen molar-refractivity contribution in [1.29, 1.82) is 0 Å². The number of aromatic hydroxyl groups is 1. The Labute approximate surface area is 190 Å². The highest BCUT2D eigenvalue weighted by atomic mass is 32.2. The summed E-state index contributed by atoms with van der Waals surface area (Å²) in [6, 6.07) is 0. The van der Waals surface area contributed by atoms with Crippen LogP contribution >= 0.6 is 0 Å². The second kappa shape index (κ2) is 8.93. The summed E-state index contributed by atoms with van der Waals surface area (Å²) in [5.41, 5.74) is 1.46. The van der Waals surface area contributed by atoms with Gasteiger partial charge in [-0.25, -0.2) is 0 Å². The molecule has 0 aliphatic rings. The number of phenols is 1. The number of benzene rings is 1. The van der Waals surface area contributed by atoms with Crippen LogP contribution in [0.3, 0.4) is 0 Å². The molecular weight excluding hydrogens is 412 g/mol. The number of rotatable bonds is 8. The molecule has 0 bridgehead atoms. The van der Waals surface area contributed by atoms with Crippen LogP contribution in [0.25, 0.3) is 0 Å². The third kappa shape index (κ3) is 6.16. The van der Waals surface area contributed by atoms with E-state index in [2.05, 4.69) is 62.3 Å². The molecule has 0 aliphatic carbocycles. The number of ether oxygens (including phenoxy) is 1. The van der Waals surface area contributed by atoms with Gasteiger partial charge in [0, 0.05) is 0 Å². The normalized spacial score (nSPS) is 14.8. The first-order valence-electron chi connectivity index (χ1n) is 11.0. The predicted molar refractivity (Wildman–Crippen MR) is 128 cm³/mol. The summed E-state index contributed by atoms with van der Waals surface area (Å²) in [6.45, 7) is 23.4. The van der Waals surface area contributed by atoms with Crippen LogP contribution in [0, 0.1) is 36.0 Å². The van der Waals surface area contributed by atoms with E-state index < -0.39 is 10.1 Å². The van der Waals surface area contributed by atoms with Crippen molar-refractivity contribution < 1.29 is 22.8 Å². The Morgan fingerprint density at radius 3 is 1.77 bits per heavy atom. The molecule has 0 heterocycles. The van der Waals surface area contributed by atoms with Crippen LogP contribution in [0.4, 0.5) is 0 Å². The van der Waals surface area contributed by atoms with Gasteiger partial charge >= 0.3 is 0 Å². The molecule has 6 heteroatoms. The topological polar surface area (TPSA) is 83.8 Å².